The highest BCUT2D eigenvalue weighted by Crippen LogP contribution is 2.20. The zero-order valence-electron chi connectivity index (χ0n) is 14.6. The van der Waals surface area contributed by atoms with E-state index in [1.807, 2.05) is 0 Å². The number of nitrogens with zero attached hydrogens (tertiary/aromatic N) is 3. The van der Waals surface area contributed by atoms with Gasteiger partial charge in [-0.2, -0.15) is 5.10 Å². The molecule has 2 aromatic carbocycles. The van der Waals surface area contributed by atoms with Crippen molar-refractivity contribution in [1.29, 1.82) is 0 Å². The third-order valence-corrected chi connectivity index (χ3v) is 3.93. The Morgan fingerprint density at radius 3 is 2.63 bits per heavy atom. The minimum absolute atomic E-state index is 0.0247. The van der Waals surface area contributed by atoms with Gasteiger partial charge in [0.2, 0.25) is 5.91 Å². The first-order valence-corrected chi connectivity index (χ1v) is 8.28. The molecule has 0 unspecified atom stereocenters. The summed E-state index contributed by atoms with van der Waals surface area (Å²) in [5.74, 6) is -0.104. The van der Waals surface area contributed by atoms with Crippen LogP contribution < -0.4 is 5.32 Å². The standard InChI is InChI=1S/C19H17FN4O3/c1-13-11-18(21-19(25)10-5-14-3-2-4-15(20)12-14)23(22-13)16-6-8-17(9-7-16)24(26)27/h2-4,6-9,11-12H,5,10H2,1H3,(H,21,25). The first-order valence-electron chi connectivity index (χ1n) is 8.28. The molecule has 0 spiro atoms. The van der Waals surface area contributed by atoms with Gasteiger partial charge in [-0.15, -0.1) is 0 Å². The van der Waals surface area contributed by atoms with Crippen LogP contribution in [0.1, 0.15) is 17.7 Å². The van der Waals surface area contributed by atoms with Gasteiger partial charge < -0.3 is 5.32 Å². The Labute approximate surface area is 154 Å². The highest BCUT2D eigenvalue weighted by molar-refractivity contribution is 5.90. The molecule has 3 aromatic rings. The topological polar surface area (TPSA) is 90.1 Å². The lowest BCUT2D eigenvalue weighted by molar-refractivity contribution is -0.384. The van der Waals surface area contributed by atoms with E-state index in [1.165, 1.54) is 28.9 Å². The molecular weight excluding hydrogens is 351 g/mol. The Hall–Kier alpha value is -3.55. The molecule has 0 saturated carbocycles. The van der Waals surface area contributed by atoms with Crippen LogP contribution in [0.25, 0.3) is 5.69 Å². The Kier molecular flexibility index (Phi) is 5.25. The molecule has 0 saturated heterocycles. The number of rotatable bonds is 6. The number of halogens is 1. The molecular formula is C19H17FN4O3. The normalized spacial score (nSPS) is 10.6. The van der Waals surface area contributed by atoms with E-state index >= 15 is 0 Å². The predicted molar refractivity (Wildman–Crippen MR) is 98.3 cm³/mol. The number of amides is 1. The number of anilines is 1. The fourth-order valence-corrected chi connectivity index (χ4v) is 2.66. The van der Waals surface area contributed by atoms with Crippen LogP contribution in [0.15, 0.2) is 54.6 Å². The molecule has 1 N–H and O–H groups in total. The number of carbonyl (C=O) groups excluding carboxylic acids is 1. The largest absolute Gasteiger partial charge is 0.311 e. The second-order valence-electron chi connectivity index (χ2n) is 6.03. The van der Waals surface area contributed by atoms with E-state index in [2.05, 4.69) is 10.4 Å². The van der Waals surface area contributed by atoms with Crippen molar-refractivity contribution >= 4 is 17.4 Å². The number of aromatic nitrogens is 2. The van der Waals surface area contributed by atoms with E-state index in [1.54, 1.807) is 37.3 Å². The zero-order chi connectivity index (χ0) is 19.4. The summed E-state index contributed by atoms with van der Waals surface area (Å²) in [7, 11) is 0. The number of nitro groups is 1. The molecule has 0 aliphatic heterocycles. The molecule has 0 bridgehead atoms. The summed E-state index contributed by atoms with van der Waals surface area (Å²) in [4.78, 5) is 22.6. The van der Waals surface area contributed by atoms with Gasteiger partial charge in [0, 0.05) is 24.6 Å². The van der Waals surface area contributed by atoms with E-state index in [9.17, 15) is 19.3 Å². The van der Waals surface area contributed by atoms with Gasteiger partial charge in [0.15, 0.2) is 0 Å². The molecule has 0 aliphatic rings. The van der Waals surface area contributed by atoms with Crippen LogP contribution >= 0.6 is 0 Å². The molecule has 8 heteroatoms. The van der Waals surface area contributed by atoms with Gasteiger partial charge in [-0.05, 0) is 43.2 Å². The highest BCUT2D eigenvalue weighted by Gasteiger charge is 2.13. The van der Waals surface area contributed by atoms with Crippen molar-refractivity contribution in [1.82, 2.24) is 9.78 Å². The number of benzene rings is 2. The smallest absolute Gasteiger partial charge is 0.269 e. The Morgan fingerprint density at radius 1 is 1.22 bits per heavy atom. The number of hydrogen-bond acceptors (Lipinski definition) is 4. The third-order valence-electron chi connectivity index (χ3n) is 3.93. The van der Waals surface area contributed by atoms with Crippen LogP contribution in [0, 0.1) is 22.9 Å². The minimum Gasteiger partial charge on any atom is -0.311 e. The third kappa shape index (κ3) is 4.55. The van der Waals surface area contributed by atoms with Gasteiger partial charge in [-0.25, -0.2) is 9.07 Å². The monoisotopic (exact) mass is 368 g/mol. The van der Waals surface area contributed by atoms with E-state index < -0.39 is 4.92 Å². The molecule has 138 valence electrons. The van der Waals surface area contributed by atoms with Gasteiger partial charge in [0.1, 0.15) is 11.6 Å². The summed E-state index contributed by atoms with van der Waals surface area (Å²) < 4.78 is 14.7. The summed E-state index contributed by atoms with van der Waals surface area (Å²) >= 11 is 0. The van der Waals surface area contributed by atoms with Crippen molar-refractivity contribution in [2.45, 2.75) is 19.8 Å². The fraction of sp³-hybridized carbons (Fsp3) is 0.158. The molecule has 1 heterocycles. The van der Waals surface area contributed by atoms with Gasteiger partial charge in [0.25, 0.3) is 5.69 Å². The molecule has 0 aliphatic carbocycles. The van der Waals surface area contributed by atoms with E-state index in [4.69, 9.17) is 0 Å². The van der Waals surface area contributed by atoms with Crippen LogP contribution in [0.5, 0.6) is 0 Å². The quantitative estimate of drug-likeness (QED) is 0.529. The van der Waals surface area contributed by atoms with E-state index in [0.29, 0.717) is 23.6 Å². The maximum Gasteiger partial charge on any atom is 0.269 e. The van der Waals surface area contributed by atoms with Crippen molar-refractivity contribution in [3.8, 4) is 5.69 Å². The molecule has 7 nitrogen and oxygen atoms in total. The van der Waals surface area contributed by atoms with Gasteiger partial charge in [-0.1, -0.05) is 12.1 Å². The number of aryl methyl sites for hydroxylation is 2. The molecule has 27 heavy (non-hydrogen) atoms. The van der Waals surface area contributed by atoms with Crippen LogP contribution in [0.4, 0.5) is 15.9 Å². The van der Waals surface area contributed by atoms with E-state index in [0.717, 1.165) is 5.56 Å². The van der Waals surface area contributed by atoms with Crippen LogP contribution in [-0.2, 0) is 11.2 Å². The second-order valence-corrected chi connectivity index (χ2v) is 6.03. The second kappa shape index (κ2) is 7.77. The molecule has 1 aromatic heterocycles. The number of carbonyl (C=O) groups is 1. The number of hydrogen-bond donors (Lipinski definition) is 1. The Balaban J connectivity index is 1.71. The maximum absolute atomic E-state index is 13.2. The Morgan fingerprint density at radius 2 is 1.96 bits per heavy atom. The van der Waals surface area contributed by atoms with Crippen LogP contribution in [0.3, 0.4) is 0 Å². The zero-order valence-corrected chi connectivity index (χ0v) is 14.6. The Bertz CT molecular complexity index is 983. The van der Waals surface area contributed by atoms with Crippen molar-refractivity contribution in [2.75, 3.05) is 5.32 Å². The number of nitro benzene ring substituents is 1. The van der Waals surface area contributed by atoms with Gasteiger partial charge in [0.05, 0.1) is 16.3 Å². The molecule has 0 fully saturated rings. The van der Waals surface area contributed by atoms with Crippen molar-refractivity contribution in [3.63, 3.8) is 0 Å². The molecule has 1 amide bonds. The summed E-state index contributed by atoms with van der Waals surface area (Å²) in [6.07, 6.45) is 0.599. The first kappa shape index (κ1) is 18.2. The minimum atomic E-state index is -0.479. The van der Waals surface area contributed by atoms with Crippen molar-refractivity contribution in [3.05, 3.63) is 81.8 Å². The SMILES string of the molecule is Cc1cc(NC(=O)CCc2cccc(F)c2)n(-c2ccc([N+](=O)[O-])cc2)n1. The lowest BCUT2D eigenvalue weighted by atomic mass is 10.1. The summed E-state index contributed by atoms with van der Waals surface area (Å²) in [6, 6.07) is 13.7. The average molecular weight is 368 g/mol. The maximum atomic E-state index is 13.2. The summed E-state index contributed by atoms with van der Waals surface area (Å²) in [5.41, 5.74) is 2.00. The fourth-order valence-electron chi connectivity index (χ4n) is 2.66. The average Bonchev–Trinajstić information content (AvgIpc) is 3.00. The molecule has 0 atom stereocenters. The molecule has 3 rings (SSSR count). The lowest BCUT2D eigenvalue weighted by Crippen LogP contribution is -2.15. The van der Waals surface area contributed by atoms with Crippen LogP contribution in [-0.4, -0.2) is 20.6 Å². The van der Waals surface area contributed by atoms with E-state index in [-0.39, 0.29) is 23.8 Å². The van der Waals surface area contributed by atoms with Crippen molar-refractivity contribution in [2.24, 2.45) is 0 Å². The highest BCUT2D eigenvalue weighted by atomic mass is 19.1. The van der Waals surface area contributed by atoms with Crippen LogP contribution in [0.2, 0.25) is 0 Å². The number of non-ortho nitro benzene ring substituents is 1. The van der Waals surface area contributed by atoms with Crippen molar-refractivity contribution < 1.29 is 14.1 Å². The lowest BCUT2D eigenvalue weighted by Gasteiger charge is -2.09. The first-order chi connectivity index (χ1) is 12.9. The molecule has 0 radical (unpaired) electrons. The van der Waals surface area contributed by atoms with Gasteiger partial charge in [-0.3, -0.25) is 14.9 Å². The predicted octanol–water partition coefficient (Wildman–Crippen LogP) is 3.80. The summed E-state index contributed by atoms with van der Waals surface area (Å²) in [5, 5.41) is 17.9. The van der Waals surface area contributed by atoms with Gasteiger partial charge >= 0.3 is 0 Å². The summed E-state index contributed by atoms with van der Waals surface area (Å²) in [6.45, 7) is 1.78. The number of nitrogens with one attached hydrogen (secondary N) is 1.